The van der Waals surface area contributed by atoms with Crippen molar-refractivity contribution in [3.8, 4) is 0 Å². The minimum Gasteiger partial charge on any atom is -0.479 e. The Bertz CT molecular complexity index is 165. The number of hydrogen-bond acceptors (Lipinski definition) is 5. The highest BCUT2D eigenvalue weighted by Gasteiger charge is 2.14. The molecule has 0 radical (unpaired) electrons. The molecule has 15 heavy (non-hydrogen) atoms. The van der Waals surface area contributed by atoms with Crippen LogP contribution in [0.5, 0.6) is 0 Å². The lowest BCUT2D eigenvalue weighted by atomic mass is 10.4. The van der Waals surface area contributed by atoms with Gasteiger partial charge in [-0.15, -0.1) is 0 Å². The molecular weight excluding hydrogens is 202 g/mol. The molecule has 0 heterocycles. The van der Waals surface area contributed by atoms with Gasteiger partial charge in [-0.05, 0) is 6.42 Å². The Labute approximate surface area is 89.3 Å². The van der Waals surface area contributed by atoms with Crippen LogP contribution in [-0.4, -0.2) is 57.3 Å². The number of aliphatic carboxylic acids is 1. The quantitative estimate of drug-likeness (QED) is 0.482. The molecule has 0 fully saturated rings. The average Bonchev–Trinajstić information content (AvgIpc) is 2.21. The summed E-state index contributed by atoms with van der Waals surface area (Å²) in [6.45, 7) is 1.81. The van der Waals surface area contributed by atoms with E-state index in [-0.39, 0.29) is 13.2 Å². The number of hydrogen-bond donors (Lipinski definition) is 2. The summed E-state index contributed by atoms with van der Waals surface area (Å²) in [5, 5.41) is 8.58. The van der Waals surface area contributed by atoms with Crippen molar-refractivity contribution >= 4 is 5.97 Å². The normalized spacial score (nSPS) is 12.7. The fourth-order valence-electron chi connectivity index (χ4n) is 0.897. The van der Waals surface area contributed by atoms with E-state index in [9.17, 15) is 4.79 Å². The van der Waals surface area contributed by atoms with E-state index in [1.807, 2.05) is 0 Å². The highest BCUT2D eigenvalue weighted by atomic mass is 16.5. The first-order chi connectivity index (χ1) is 7.22. The number of methoxy groups -OCH3 is 1. The van der Waals surface area contributed by atoms with E-state index in [0.29, 0.717) is 19.8 Å². The molecule has 1 atom stereocenters. The first-order valence-corrected chi connectivity index (χ1v) is 4.83. The Balaban J connectivity index is 3.25. The van der Waals surface area contributed by atoms with Gasteiger partial charge in [-0.3, -0.25) is 0 Å². The van der Waals surface area contributed by atoms with Gasteiger partial charge in [-0.1, -0.05) is 0 Å². The van der Waals surface area contributed by atoms with Gasteiger partial charge in [0.15, 0.2) is 6.10 Å². The topological polar surface area (TPSA) is 91.0 Å². The summed E-state index contributed by atoms with van der Waals surface area (Å²) in [4.78, 5) is 10.5. The van der Waals surface area contributed by atoms with E-state index in [0.717, 1.165) is 6.42 Å². The molecule has 0 aromatic carbocycles. The Morgan fingerprint density at radius 2 is 2.07 bits per heavy atom. The van der Waals surface area contributed by atoms with Crippen molar-refractivity contribution in [3.05, 3.63) is 0 Å². The molecule has 6 nitrogen and oxygen atoms in total. The number of carboxylic acid groups (broad SMARTS) is 1. The summed E-state index contributed by atoms with van der Waals surface area (Å²) >= 11 is 0. The number of carbonyl (C=O) groups is 1. The standard InChI is InChI=1S/C9H19NO5/c1-13-3-2-4-14-5-6-15-8(7-10)9(11)12/h8H,2-7,10H2,1H3,(H,11,12). The highest BCUT2D eigenvalue weighted by molar-refractivity contribution is 5.72. The van der Waals surface area contributed by atoms with E-state index in [1.165, 1.54) is 0 Å². The van der Waals surface area contributed by atoms with Crippen LogP contribution < -0.4 is 5.73 Å². The van der Waals surface area contributed by atoms with Crippen molar-refractivity contribution < 1.29 is 24.1 Å². The van der Waals surface area contributed by atoms with Gasteiger partial charge in [0.1, 0.15) is 0 Å². The maximum atomic E-state index is 10.5. The zero-order chi connectivity index (χ0) is 11.5. The van der Waals surface area contributed by atoms with Gasteiger partial charge in [0.2, 0.25) is 0 Å². The van der Waals surface area contributed by atoms with Crippen LogP contribution in [0.4, 0.5) is 0 Å². The van der Waals surface area contributed by atoms with Crippen LogP contribution in [0.25, 0.3) is 0 Å². The van der Waals surface area contributed by atoms with Gasteiger partial charge < -0.3 is 25.1 Å². The number of rotatable bonds is 10. The summed E-state index contributed by atoms with van der Waals surface area (Å²) in [7, 11) is 1.63. The van der Waals surface area contributed by atoms with E-state index >= 15 is 0 Å². The molecule has 0 bridgehead atoms. The predicted molar refractivity (Wildman–Crippen MR) is 53.7 cm³/mol. The largest absolute Gasteiger partial charge is 0.479 e. The molecule has 0 aromatic heterocycles. The first kappa shape index (κ1) is 14.3. The zero-order valence-electron chi connectivity index (χ0n) is 8.98. The summed E-state index contributed by atoms with van der Waals surface area (Å²) in [6, 6.07) is 0. The number of nitrogens with two attached hydrogens (primary N) is 1. The molecule has 0 spiro atoms. The molecule has 0 saturated carbocycles. The van der Waals surface area contributed by atoms with E-state index in [1.54, 1.807) is 7.11 Å². The van der Waals surface area contributed by atoms with E-state index in [4.69, 9.17) is 25.1 Å². The van der Waals surface area contributed by atoms with Crippen LogP contribution in [0.2, 0.25) is 0 Å². The van der Waals surface area contributed by atoms with Crippen molar-refractivity contribution in [2.24, 2.45) is 5.73 Å². The Morgan fingerprint density at radius 3 is 2.60 bits per heavy atom. The summed E-state index contributed by atoms with van der Waals surface area (Å²) in [6.07, 6.45) is -0.122. The third kappa shape index (κ3) is 8.31. The molecule has 0 aliphatic rings. The molecular formula is C9H19NO5. The van der Waals surface area contributed by atoms with Crippen molar-refractivity contribution in [1.29, 1.82) is 0 Å². The molecule has 0 aliphatic carbocycles. The van der Waals surface area contributed by atoms with Gasteiger partial charge in [-0.2, -0.15) is 0 Å². The predicted octanol–water partition coefficient (Wildman–Crippen LogP) is -0.532. The number of ether oxygens (including phenoxy) is 3. The fraction of sp³-hybridized carbons (Fsp3) is 0.889. The summed E-state index contributed by atoms with van der Waals surface area (Å²) < 4.78 is 15.0. The van der Waals surface area contributed by atoms with Crippen LogP contribution in [0, 0.1) is 0 Å². The minimum atomic E-state index is -1.04. The highest BCUT2D eigenvalue weighted by Crippen LogP contribution is 1.91. The lowest BCUT2D eigenvalue weighted by molar-refractivity contribution is -0.150. The second-order valence-corrected chi connectivity index (χ2v) is 2.89. The van der Waals surface area contributed by atoms with Crippen LogP contribution in [-0.2, 0) is 19.0 Å². The van der Waals surface area contributed by atoms with Gasteiger partial charge in [0.05, 0.1) is 13.2 Å². The van der Waals surface area contributed by atoms with Crippen molar-refractivity contribution in [2.45, 2.75) is 12.5 Å². The fourth-order valence-corrected chi connectivity index (χ4v) is 0.897. The van der Waals surface area contributed by atoms with Gasteiger partial charge in [0.25, 0.3) is 0 Å². The van der Waals surface area contributed by atoms with Gasteiger partial charge >= 0.3 is 5.97 Å². The Hall–Kier alpha value is -0.690. The second-order valence-electron chi connectivity index (χ2n) is 2.89. The average molecular weight is 221 g/mol. The molecule has 90 valence electrons. The monoisotopic (exact) mass is 221 g/mol. The number of carboxylic acids is 1. The van der Waals surface area contributed by atoms with Crippen LogP contribution in [0.15, 0.2) is 0 Å². The minimum absolute atomic E-state index is 0.0288. The maximum Gasteiger partial charge on any atom is 0.334 e. The van der Waals surface area contributed by atoms with Gasteiger partial charge in [-0.25, -0.2) is 4.79 Å². The molecule has 0 aromatic rings. The molecule has 0 amide bonds. The molecule has 1 unspecified atom stereocenters. The third-order valence-electron chi connectivity index (χ3n) is 1.67. The van der Waals surface area contributed by atoms with Gasteiger partial charge in [0, 0.05) is 26.9 Å². The zero-order valence-corrected chi connectivity index (χ0v) is 8.98. The molecule has 0 saturated heterocycles. The molecule has 0 aliphatic heterocycles. The van der Waals surface area contributed by atoms with Crippen molar-refractivity contribution in [1.82, 2.24) is 0 Å². The van der Waals surface area contributed by atoms with Crippen molar-refractivity contribution in [3.63, 3.8) is 0 Å². The third-order valence-corrected chi connectivity index (χ3v) is 1.67. The SMILES string of the molecule is COCCCOCCOC(CN)C(=O)O. The molecule has 3 N–H and O–H groups in total. The summed E-state index contributed by atoms with van der Waals surface area (Å²) in [5.74, 6) is -1.04. The second kappa shape index (κ2) is 9.85. The van der Waals surface area contributed by atoms with Crippen LogP contribution >= 0.6 is 0 Å². The van der Waals surface area contributed by atoms with Crippen LogP contribution in [0.1, 0.15) is 6.42 Å². The van der Waals surface area contributed by atoms with Crippen LogP contribution in [0.3, 0.4) is 0 Å². The Kier molecular flexibility index (Phi) is 9.40. The lowest BCUT2D eigenvalue weighted by Gasteiger charge is -2.11. The van der Waals surface area contributed by atoms with E-state index < -0.39 is 12.1 Å². The Morgan fingerprint density at radius 1 is 1.33 bits per heavy atom. The lowest BCUT2D eigenvalue weighted by Crippen LogP contribution is -2.33. The van der Waals surface area contributed by atoms with Crippen molar-refractivity contribution in [2.75, 3.05) is 40.1 Å². The molecule has 6 heteroatoms. The first-order valence-electron chi connectivity index (χ1n) is 4.83. The summed E-state index contributed by atoms with van der Waals surface area (Å²) in [5.41, 5.74) is 5.19. The smallest absolute Gasteiger partial charge is 0.334 e. The molecule has 0 rings (SSSR count). The maximum absolute atomic E-state index is 10.5. The van der Waals surface area contributed by atoms with E-state index in [2.05, 4.69) is 0 Å².